The van der Waals surface area contributed by atoms with Gasteiger partial charge in [0.1, 0.15) is 0 Å². The summed E-state index contributed by atoms with van der Waals surface area (Å²) < 4.78 is 5.79. The molecule has 0 bridgehead atoms. The van der Waals surface area contributed by atoms with Crippen LogP contribution in [0.15, 0.2) is 18.2 Å². The molecule has 0 saturated carbocycles. The van der Waals surface area contributed by atoms with Gasteiger partial charge in [-0.2, -0.15) is 0 Å². The fourth-order valence-corrected chi connectivity index (χ4v) is 3.35. The van der Waals surface area contributed by atoms with E-state index in [1.54, 1.807) is 0 Å². The summed E-state index contributed by atoms with van der Waals surface area (Å²) in [6.45, 7) is 9.56. The average Bonchev–Trinajstić information content (AvgIpc) is 2.47. The van der Waals surface area contributed by atoms with Gasteiger partial charge in [0.25, 0.3) is 0 Å². The summed E-state index contributed by atoms with van der Waals surface area (Å²) in [7, 11) is 0. The highest BCUT2D eigenvalue weighted by atomic mass is 16.5. The maximum atomic E-state index is 5.79. The molecule has 2 unspecified atom stereocenters. The van der Waals surface area contributed by atoms with Crippen molar-refractivity contribution in [3.05, 3.63) is 34.9 Å². The Morgan fingerprint density at radius 2 is 2.25 bits per heavy atom. The first-order valence-electron chi connectivity index (χ1n) is 7.93. The Bertz CT molecular complexity index is 460. The van der Waals surface area contributed by atoms with E-state index in [0.717, 1.165) is 32.8 Å². The van der Waals surface area contributed by atoms with Crippen molar-refractivity contribution in [1.29, 1.82) is 0 Å². The first-order chi connectivity index (χ1) is 9.76. The molecule has 0 amide bonds. The summed E-state index contributed by atoms with van der Waals surface area (Å²) in [6, 6.07) is 7.61. The van der Waals surface area contributed by atoms with Crippen molar-refractivity contribution in [3.8, 4) is 0 Å². The minimum atomic E-state index is 0.358. The number of ether oxygens (including phenoxy) is 1. The van der Waals surface area contributed by atoms with Crippen molar-refractivity contribution < 1.29 is 4.74 Å². The number of hydrogen-bond donors (Lipinski definition) is 1. The lowest BCUT2D eigenvalue weighted by molar-refractivity contribution is -0.0592. The zero-order valence-electron chi connectivity index (χ0n) is 12.7. The second-order valence-electron chi connectivity index (χ2n) is 6.17. The van der Waals surface area contributed by atoms with Crippen molar-refractivity contribution in [2.45, 2.75) is 51.9 Å². The first kappa shape index (κ1) is 14.1. The average molecular weight is 274 g/mol. The van der Waals surface area contributed by atoms with E-state index in [0.29, 0.717) is 12.1 Å². The van der Waals surface area contributed by atoms with Crippen molar-refractivity contribution in [2.75, 3.05) is 19.7 Å². The standard InChI is InChI=1S/C17H26N2O/c1-3-17-12-20-13(2)10-19(17)11-14-4-5-15-6-7-18-9-16(15)8-14/h4-5,8,13,17-18H,3,6-7,9-12H2,1-2H3. The molecule has 1 aromatic rings. The van der Waals surface area contributed by atoms with Crippen LogP contribution in [0.5, 0.6) is 0 Å². The molecule has 20 heavy (non-hydrogen) atoms. The second kappa shape index (κ2) is 6.25. The van der Waals surface area contributed by atoms with Crippen molar-refractivity contribution in [1.82, 2.24) is 10.2 Å². The van der Waals surface area contributed by atoms with Crippen molar-refractivity contribution >= 4 is 0 Å². The zero-order chi connectivity index (χ0) is 13.9. The lowest BCUT2D eigenvalue weighted by Gasteiger charge is -2.38. The molecular formula is C17H26N2O. The van der Waals surface area contributed by atoms with Crippen LogP contribution in [0.25, 0.3) is 0 Å². The molecule has 0 aromatic heterocycles. The van der Waals surface area contributed by atoms with Crippen molar-refractivity contribution in [2.24, 2.45) is 0 Å². The Morgan fingerprint density at radius 3 is 3.10 bits per heavy atom. The fourth-order valence-electron chi connectivity index (χ4n) is 3.35. The van der Waals surface area contributed by atoms with E-state index >= 15 is 0 Å². The van der Waals surface area contributed by atoms with Crippen LogP contribution in [-0.4, -0.2) is 36.7 Å². The van der Waals surface area contributed by atoms with Crippen LogP contribution in [0.3, 0.4) is 0 Å². The Kier molecular flexibility index (Phi) is 4.39. The molecule has 1 saturated heterocycles. The minimum absolute atomic E-state index is 0.358. The maximum Gasteiger partial charge on any atom is 0.0674 e. The van der Waals surface area contributed by atoms with Gasteiger partial charge in [0.05, 0.1) is 12.7 Å². The molecule has 2 heterocycles. The molecule has 3 nitrogen and oxygen atoms in total. The highest BCUT2D eigenvalue weighted by molar-refractivity contribution is 5.33. The third-order valence-electron chi connectivity index (χ3n) is 4.60. The molecule has 2 atom stereocenters. The molecular weight excluding hydrogens is 248 g/mol. The van der Waals surface area contributed by atoms with Crippen LogP contribution in [0.2, 0.25) is 0 Å². The SMILES string of the molecule is CCC1COC(C)CN1Cc1ccc2c(c1)CNCC2. The Balaban J connectivity index is 1.72. The fraction of sp³-hybridized carbons (Fsp3) is 0.647. The van der Waals surface area contributed by atoms with Gasteiger partial charge < -0.3 is 10.1 Å². The van der Waals surface area contributed by atoms with Crippen LogP contribution >= 0.6 is 0 Å². The van der Waals surface area contributed by atoms with Crippen LogP contribution < -0.4 is 5.32 Å². The van der Waals surface area contributed by atoms with Crippen LogP contribution in [-0.2, 0) is 24.2 Å². The van der Waals surface area contributed by atoms with Gasteiger partial charge in [0, 0.05) is 25.7 Å². The number of hydrogen-bond acceptors (Lipinski definition) is 3. The Hall–Kier alpha value is -0.900. The maximum absolute atomic E-state index is 5.79. The third kappa shape index (κ3) is 3.05. The second-order valence-corrected chi connectivity index (χ2v) is 6.17. The van der Waals surface area contributed by atoms with Gasteiger partial charge >= 0.3 is 0 Å². The summed E-state index contributed by atoms with van der Waals surface area (Å²) in [5.41, 5.74) is 4.46. The monoisotopic (exact) mass is 274 g/mol. The van der Waals surface area contributed by atoms with E-state index in [-0.39, 0.29) is 0 Å². The number of rotatable bonds is 3. The summed E-state index contributed by atoms with van der Waals surface area (Å²) in [6.07, 6.45) is 2.69. The number of benzene rings is 1. The molecule has 3 rings (SSSR count). The molecule has 0 aliphatic carbocycles. The van der Waals surface area contributed by atoms with E-state index in [4.69, 9.17) is 4.74 Å². The van der Waals surface area contributed by atoms with Crippen LogP contribution in [0.1, 0.15) is 37.0 Å². The summed E-state index contributed by atoms with van der Waals surface area (Å²) in [4.78, 5) is 2.59. The summed E-state index contributed by atoms with van der Waals surface area (Å²) in [5, 5.41) is 3.47. The molecule has 2 aliphatic rings. The lowest BCUT2D eigenvalue weighted by Crippen LogP contribution is -2.47. The largest absolute Gasteiger partial charge is 0.376 e. The van der Waals surface area contributed by atoms with Gasteiger partial charge in [-0.15, -0.1) is 0 Å². The van der Waals surface area contributed by atoms with E-state index in [1.807, 2.05) is 0 Å². The van der Waals surface area contributed by atoms with Gasteiger partial charge in [-0.25, -0.2) is 0 Å². The molecule has 2 aliphatic heterocycles. The number of nitrogens with one attached hydrogen (secondary N) is 1. The molecule has 110 valence electrons. The van der Waals surface area contributed by atoms with E-state index < -0.39 is 0 Å². The summed E-state index contributed by atoms with van der Waals surface area (Å²) >= 11 is 0. The lowest BCUT2D eigenvalue weighted by atomic mass is 9.98. The van der Waals surface area contributed by atoms with Gasteiger partial charge in [0.2, 0.25) is 0 Å². The Labute approximate surface area is 122 Å². The molecule has 1 aromatic carbocycles. The first-order valence-corrected chi connectivity index (χ1v) is 7.93. The van der Waals surface area contributed by atoms with E-state index in [1.165, 1.54) is 29.5 Å². The predicted octanol–water partition coefficient (Wildman–Crippen LogP) is 2.33. The minimum Gasteiger partial charge on any atom is -0.376 e. The molecule has 0 radical (unpaired) electrons. The van der Waals surface area contributed by atoms with Gasteiger partial charge in [-0.05, 0) is 43.0 Å². The highest BCUT2D eigenvalue weighted by Gasteiger charge is 2.25. The molecule has 1 fully saturated rings. The number of morpholine rings is 1. The third-order valence-corrected chi connectivity index (χ3v) is 4.60. The molecule has 3 heteroatoms. The Morgan fingerprint density at radius 1 is 1.35 bits per heavy atom. The van der Waals surface area contributed by atoms with Crippen LogP contribution in [0.4, 0.5) is 0 Å². The summed E-state index contributed by atoms with van der Waals surface area (Å²) in [5.74, 6) is 0. The van der Waals surface area contributed by atoms with Gasteiger partial charge in [-0.1, -0.05) is 25.1 Å². The molecule has 0 spiro atoms. The van der Waals surface area contributed by atoms with E-state index in [2.05, 4.69) is 42.3 Å². The van der Waals surface area contributed by atoms with Gasteiger partial charge in [0.15, 0.2) is 0 Å². The number of fused-ring (bicyclic) bond motifs is 1. The van der Waals surface area contributed by atoms with Gasteiger partial charge in [-0.3, -0.25) is 4.90 Å². The zero-order valence-corrected chi connectivity index (χ0v) is 12.7. The van der Waals surface area contributed by atoms with Crippen LogP contribution in [0, 0.1) is 0 Å². The highest BCUT2D eigenvalue weighted by Crippen LogP contribution is 2.21. The van der Waals surface area contributed by atoms with Crippen molar-refractivity contribution in [3.63, 3.8) is 0 Å². The quantitative estimate of drug-likeness (QED) is 0.915. The predicted molar refractivity (Wildman–Crippen MR) is 81.8 cm³/mol. The molecule has 1 N–H and O–H groups in total. The number of nitrogens with zero attached hydrogens (tertiary/aromatic N) is 1. The normalized spacial score (nSPS) is 27.3. The topological polar surface area (TPSA) is 24.5 Å². The van der Waals surface area contributed by atoms with E-state index in [9.17, 15) is 0 Å². The smallest absolute Gasteiger partial charge is 0.0674 e.